The summed E-state index contributed by atoms with van der Waals surface area (Å²) < 4.78 is 31.2. The molecule has 2 aliphatic heterocycles. The maximum absolute atomic E-state index is 13.0. The summed E-state index contributed by atoms with van der Waals surface area (Å²) in [7, 11) is -0.151. The molecule has 8 nitrogen and oxygen atoms in total. The molecule has 0 radical (unpaired) electrons. The number of benzene rings is 1. The summed E-state index contributed by atoms with van der Waals surface area (Å²) in [5, 5.41) is 2.79. The van der Waals surface area contributed by atoms with E-state index in [4.69, 9.17) is 4.74 Å². The van der Waals surface area contributed by atoms with Crippen LogP contribution in [0.4, 0.5) is 0 Å². The van der Waals surface area contributed by atoms with Crippen molar-refractivity contribution in [3.05, 3.63) is 29.8 Å². The van der Waals surface area contributed by atoms with E-state index >= 15 is 0 Å². The highest BCUT2D eigenvalue weighted by Crippen LogP contribution is 2.62. The fourth-order valence-corrected chi connectivity index (χ4v) is 6.95. The molecular weight excluding hydrogens is 418 g/mol. The molecule has 1 spiro atoms. The molecule has 1 aromatic carbocycles. The van der Waals surface area contributed by atoms with E-state index in [0.717, 1.165) is 19.3 Å². The summed E-state index contributed by atoms with van der Waals surface area (Å²) >= 11 is 0. The zero-order valence-corrected chi connectivity index (χ0v) is 19.2. The molecule has 3 aliphatic rings. The van der Waals surface area contributed by atoms with Crippen molar-refractivity contribution in [3.8, 4) is 5.75 Å². The Morgan fingerprint density at radius 1 is 1.10 bits per heavy atom. The Bertz CT molecular complexity index is 969. The first-order valence-corrected chi connectivity index (χ1v) is 12.6. The number of rotatable bonds is 4. The lowest BCUT2D eigenvalue weighted by atomic mass is 9.65. The fraction of sp³-hybridized carbons (Fsp3) is 0.636. The van der Waals surface area contributed by atoms with Gasteiger partial charge in [0.05, 0.1) is 18.8 Å². The second kappa shape index (κ2) is 7.78. The number of hydrogen-bond acceptors (Lipinski definition) is 5. The normalized spacial score (nSPS) is 27.8. The lowest BCUT2D eigenvalue weighted by molar-refractivity contribution is -0.132. The highest BCUT2D eigenvalue weighted by molar-refractivity contribution is 7.88. The van der Waals surface area contributed by atoms with E-state index in [1.165, 1.54) is 10.6 Å². The van der Waals surface area contributed by atoms with Crippen LogP contribution in [0, 0.1) is 16.7 Å². The van der Waals surface area contributed by atoms with Crippen molar-refractivity contribution in [2.75, 3.05) is 46.6 Å². The minimum atomic E-state index is -3.37. The Kier molecular flexibility index (Phi) is 5.54. The van der Waals surface area contributed by atoms with Crippen molar-refractivity contribution in [1.82, 2.24) is 14.5 Å². The summed E-state index contributed by atoms with van der Waals surface area (Å²) in [4.78, 5) is 27.8. The maximum atomic E-state index is 13.0. The summed E-state index contributed by atoms with van der Waals surface area (Å²) in [5.74, 6) is 0.629. The topological polar surface area (TPSA) is 96.0 Å². The van der Waals surface area contributed by atoms with Crippen LogP contribution in [0.3, 0.4) is 0 Å². The monoisotopic (exact) mass is 449 g/mol. The third-order valence-electron chi connectivity index (χ3n) is 7.85. The Labute approximate surface area is 184 Å². The van der Waals surface area contributed by atoms with Crippen molar-refractivity contribution in [3.63, 3.8) is 0 Å². The molecule has 2 amide bonds. The molecule has 1 aliphatic carbocycles. The second-order valence-electron chi connectivity index (χ2n) is 9.23. The molecule has 2 saturated heterocycles. The van der Waals surface area contributed by atoms with Crippen LogP contribution in [-0.4, -0.2) is 76.0 Å². The summed E-state index contributed by atoms with van der Waals surface area (Å²) in [6.45, 7) is 1.87. The molecule has 0 aromatic heterocycles. The molecule has 31 heavy (non-hydrogen) atoms. The van der Waals surface area contributed by atoms with Gasteiger partial charge in [-0.2, -0.15) is 0 Å². The average molecular weight is 450 g/mol. The summed E-state index contributed by atoms with van der Waals surface area (Å²) in [5.41, 5.74) is -0.144. The van der Waals surface area contributed by atoms with Gasteiger partial charge in [-0.1, -0.05) is 0 Å². The average Bonchev–Trinajstić information content (AvgIpc) is 3.31. The molecule has 2 heterocycles. The van der Waals surface area contributed by atoms with Crippen LogP contribution in [0.25, 0.3) is 0 Å². The van der Waals surface area contributed by atoms with Gasteiger partial charge in [-0.25, -0.2) is 12.7 Å². The van der Waals surface area contributed by atoms with E-state index < -0.39 is 15.4 Å². The van der Waals surface area contributed by atoms with E-state index in [2.05, 4.69) is 5.32 Å². The molecular formula is C22H31N3O5S. The molecule has 1 saturated carbocycles. The van der Waals surface area contributed by atoms with Crippen molar-refractivity contribution in [2.24, 2.45) is 16.7 Å². The van der Waals surface area contributed by atoms with Crippen LogP contribution in [0.5, 0.6) is 5.75 Å². The molecule has 0 bridgehead atoms. The number of methoxy groups -OCH3 is 1. The highest BCUT2D eigenvalue weighted by atomic mass is 32.2. The Balaban J connectivity index is 1.52. The van der Waals surface area contributed by atoms with E-state index in [1.54, 1.807) is 38.4 Å². The third kappa shape index (κ3) is 3.61. The largest absolute Gasteiger partial charge is 0.497 e. The molecule has 170 valence electrons. The van der Waals surface area contributed by atoms with Crippen molar-refractivity contribution >= 4 is 21.8 Å². The molecule has 0 unspecified atom stereocenters. The Morgan fingerprint density at radius 3 is 2.29 bits per heavy atom. The molecule has 9 heteroatoms. The van der Waals surface area contributed by atoms with Crippen LogP contribution < -0.4 is 10.1 Å². The van der Waals surface area contributed by atoms with Crippen LogP contribution >= 0.6 is 0 Å². The van der Waals surface area contributed by atoms with Crippen molar-refractivity contribution in [1.29, 1.82) is 0 Å². The highest BCUT2D eigenvalue weighted by Gasteiger charge is 2.65. The number of ether oxygens (including phenoxy) is 1. The standard InChI is InChI=1S/C22H31N3O5S/c1-23-20(27)22-9-8-21(18(22)14-25(15-22)31(3,28)29)10-12-24(13-11-21)19(26)16-4-6-17(30-2)7-5-16/h4-7,18H,8-15H2,1-3H3,(H,23,27)/t18-,22+/m0/s1. The number of piperidine rings is 1. The lowest BCUT2D eigenvalue weighted by Gasteiger charge is -2.44. The third-order valence-corrected chi connectivity index (χ3v) is 9.07. The van der Waals surface area contributed by atoms with Gasteiger partial charge in [0.25, 0.3) is 5.91 Å². The predicted octanol–water partition coefficient (Wildman–Crippen LogP) is 1.34. The van der Waals surface area contributed by atoms with Gasteiger partial charge in [0, 0.05) is 38.8 Å². The number of likely N-dealkylation sites (tertiary alicyclic amines) is 1. The molecule has 2 atom stereocenters. The maximum Gasteiger partial charge on any atom is 0.253 e. The molecule has 3 fully saturated rings. The predicted molar refractivity (Wildman–Crippen MR) is 116 cm³/mol. The number of nitrogens with one attached hydrogen (secondary N) is 1. The minimum absolute atomic E-state index is 0.00255. The van der Waals surface area contributed by atoms with E-state index in [-0.39, 0.29) is 29.7 Å². The first-order chi connectivity index (χ1) is 14.6. The van der Waals surface area contributed by atoms with Crippen LogP contribution in [-0.2, 0) is 14.8 Å². The van der Waals surface area contributed by atoms with Gasteiger partial charge in [0.1, 0.15) is 5.75 Å². The second-order valence-corrected chi connectivity index (χ2v) is 11.2. The van der Waals surface area contributed by atoms with Crippen LogP contribution in [0.2, 0.25) is 0 Å². The zero-order valence-electron chi connectivity index (χ0n) is 18.4. The zero-order chi connectivity index (χ0) is 22.4. The van der Waals surface area contributed by atoms with Gasteiger partial charge in [0.15, 0.2) is 0 Å². The number of amides is 2. The van der Waals surface area contributed by atoms with Crippen molar-refractivity contribution < 1.29 is 22.7 Å². The fourth-order valence-electron chi connectivity index (χ4n) is 6.06. The first-order valence-electron chi connectivity index (χ1n) is 10.8. The number of carbonyl (C=O) groups excluding carboxylic acids is 2. The number of hydrogen-bond donors (Lipinski definition) is 1. The Morgan fingerprint density at radius 2 is 1.74 bits per heavy atom. The molecule has 4 rings (SSSR count). The lowest BCUT2D eigenvalue weighted by Crippen LogP contribution is -2.49. The van der Waals surface area contributed by atoms with Gasteiger partial charge < -0.3 is 15.0 Å². The van der Waals surface area contributed by atoms with Crippen molar-refractivity contribution in [2.45, 2.75) is 25.7 Å². The van der Waals surface area contributed by atoms with Crippen LogP contribution in [0.1, 0.15) is 36.0 Å². The Hall–Kier alpha value is -2.13. The first kappa shape index (κ1) is 22.1. The van der Waals surface area contributed by atoms with Gasteiger partial charge in [-0.05, 0) is 61.3 Å². The number of fused-ring (bicyclic) bond motifs is 2. The van der Waals surface area contributed by atoms with E-state index in [0.29, 0.717) is 37.4 Å². The number of carbonyl (C=O) groups is 2. The van der Waals surface area contributed by atoms with Gasteiger partial charge in [-0.15, -0.1) is 0 Å². The molecule has 1 N–H and O–H groups in total. The summed E-state index contributed by atoms with van der Waals surface area (Å²) in [6.07, 6.45) is 4.38. The smallest absolute Gasteiger partial charge is 0.253 e. The number of sulfonamides is 1. The molecule has 1 aromatic rings. The van der Waals surface area contributed by atoms with Gasteiger partial charge in [-0.3, -0.25) is 9.59 Å². The van der Waals surface area contributed by atoms with Gasteiger partial charge >= 0.3 is 0 Å². The van der Waals surface area contributed by atoms with Gasteiger partial charge in [0.2, 0.25) is 15.9 Å². The summed E-state index contributed by atoms with van der Waals surface area (Å²) in [6, 6.07) is 7.12. The quantitative estimate of drug-likeness (QED) is 0.748. The SMILES string of the molecule is CNC(=O)[C@@]12CCC3(CCN(C(=O)c4ccc(OC)cc4)CC3)[C@@H]1CN(S(C)(=O)=O)C2. The number of nitrogens with zero attached hydrogens (tertiary/aromatic N) is 2. The van der Waals surface area contributed by atoms with E-state index in [1.807, 2.05) is 4.90 Å². The minimum Gasteiger partial charge on any atom is -0.497 e. The van der Waals surface area contributed by atoms with Crippen LogP contribution in [0.15, 0.2) is 24.3 Å². The van der Waals surface area contributed by atoms with E-state index in [9.17, 15) is 18.0 Å².